The summed E-state index contributed by atoms with van der Waals surface area (Å²) in [6, 6.07) is 0.250. The van der Waals surface area contributed by atoms with Crippen molar-refractivity contribution >= 4 is 5.91 Å². The van der Waals surface area contributed by atoms with Gasteiger partial charge in [-0.25, -0.2) is 0 Å². The van der Waals surface area contributed by atoms with Crippen molar-refractivity contribution in [2.75, 3.05) is 19.6 Å². The van der Waals surface area contributed by atoms with Crippen LogP contribution in [-0.4, -0.2) is 36.5 Å². The number of carbonyl (C=O) groups is 1. The summed E-state index contributed by atoms with van der Waals surface area (Å²) in [6.07, 6.45) is 2.07. The fourth-order valence-corrected chi connectivity index (χ4v) is 1.52. The number of piperazine rings is 1. The molecule has 1 atom stereocenters. The number of amides is 1. The van der Waals surface area contributed by atoms with Crippen LogP contribution < -0.4 is 5.32 Å². The molecule has 13 heavy (non-hydrogen) atoms. The second-order valence-corrected chi connectivity index (χ2v) is 3.47. The molecule has 1 amide bonds. The Hall–Kier alpha value is -0.830. The number of nitrogens with zero attached hydrogens (tertiary/aromatic N) is 1. The molecule has 1 aliphatic heterocycles. The summed E-state index contributed by atoms with van der Waals surface area (Å²) in [5, 5.41) is 3.07. The largest absolute Gasteiger partial charge is 0.334 e. The maximum absolute atomic E-state index is 11.5. The van der Waals surface area contributed by atoms with Crippen LogP contribution in [0, 0.1) is 0 Å². The lowest BCUT2D eigenvalue weighted by Gasteiger charge is -2.33. The third kappa shape index (κ3) is 2.31. The van der Waals surface area contributed by atoms with E-state index in [0.29, 0.717) is 6.54 Å². The van der Waals surface area contributed by atoms with Crippen LogP contribution in [0.3, 0.4) is 0 Å². The minimum atomic E-state index is 0.208. The van der Waals surface area contributed by atoms with Crippen LogP contribution in [0.25, 0.3) is 0 Å². The summed E-state index contributed by atoms with van der Waals surface area (Å²) in [5.74, 6) is 0.208. The van der Waals surface area contributed by atoms with Crippen LogP contribution in [0.15, 0.2) is 11.6 Å². The zero-order chi connectivity index (χ0) is 9.84. The highest BCUT2D eigenvalue weighted by atomic mass is 16.2. The Bertz CT molecular complexity index is 223. The van der Waals surface area contributed by atoms with Crippen molar-refractivity contribution < 1.29 is 4.79 Å². The van der Waals surface area contributed by atoms with Gasteiger partial charge in [-0.15, -0.1) is 0 Å². The van der Waals surface area contributed by atoms with Crippen LogP contribution in [0.1, 0.15) is 20.8 Å². The molecule has 1 N–H and O–H groups in total. The predicted octanol–water partition coefficient (Wildman–Crippen LogP) is 0.773. The van der Waals surface area contributed by atoms with Crippen molar-refractivity contribution in [1.29, 1.82) is 0 Å². The number of allylic oxidation sites excluding steroid dienone is 1. The van der Waals surface area contributed by atoms with Gasteiger partial charge in [-0.1, -0.05) is 11.6 Å². The average molecular weight is 182 g/mol. The third-order valence-corrected chi connectivity index (χ3v) is 2.71. The Morgan fingerprint density at radius 3 is 2.92 bits per heavy atom. The first-order valence-corrected chi connectivity index (χ1v) is 4.79. The van der Waals surface area contributed by atoms with E-state index in [2.05, 4.69) is 25.2 Å². The van der Waals surface area contributed by atoms with Gasteiger partial charge in [0.25, 0.3) is 0 Å². The molecule has 0 spiro atoms. The highest BCUT2D eigenvalue weighted by Crippen LogP contribution is 2.10. The number of hydrogen-bond donors (Lipinski definition) is 1. The summed E-state index contributed by atoms with van der Waals surface area (Å²) in [4.78, 5) is 13.4. The first-order valence-electron chi connectivity index (χ1n) is 4.79. The zero-order valence-corrected chi connectivity index (χ0v) is 8.63. The monoisotopic (exact) mass is 182 g/mol. The number of rotatable bonds is 2. The van der Waals surface area contributed by atoms with Gasteiger partial charge in [-0.05, 0) is 20.8 Å². The Balaban J connectivity index is 2.63. The number of nitrogens with one attached hydrogen (secondary N) is 1. The lowest BCUT2D eigenvalue weighted by atomic mass is 10.1. The molecule has 74 valence electrons. The lowest BCUT2D eigenvalue weighted by Crippen LogP contribution is -2.51. The molecule has 0 aromatic heterocycles. The van der Waals surface area contributed by atoms with Crippen LogP contribution in [0.5, 0.6) is 0 Å². The van der Waals surface area contributed by atoms with Crippen LogP contribution in [0.2, 0.25) is 0 Å². The molecule has 0 aromatic rings. The fourth-order valence-electron chi connectivity index (χ4n) is 1.52. The van der Waals surface area contributed by atoms with Gasteiger partial charge in [-0.2, -0.15) is 0 Å². The van der Waals surface area contributed by atoms with Gasteiger partial charge in [-0.3, -0.25) is 4.79 Å². The van der Waals surface area contributed by atoms with E-state index < -0.39 is 0 Å². The van der Waals surface area contributed by atoms with Crippen LogP contribution >= 0.6 is 0 Å². The smallest absolute Gasteiger partial charge is 0.237 e. The van der Waals surface area contributed by atoms with E-state index in [1.165, 1.54) is 5.57 Å². The topological polar surface area (TPSA) is 32.3 Å². The Labute approximate surface area is 79.8 Å². The van der Waals surface area contributed by atoms with Crippen LogP contribution in [0.4, 0.5) is 0 Å². The highest BCUT2D eigenvalue weighted by Gasteiger charge is 2.22. The van der Waals surface area contributed by atoms with E-state index in [0.717, 1.165) is 13.1 Å². The molecule has 0 radical (unpaired) electrons. The molecule has 1 fully saturated rings. The molecular weight excluding hydrogens is 164 g/mol. The van der Waals surface area contributed by atoms with Gasteiger partial charge in [0.1, 0.15) is 0 Å². The van der Waals surface area contributed by atoms with E-state index >= 15 is 0 Å². The minimum absolute atomic E-state index is 0.208. The summed E-state index contributed by atoms with van der Waals surface area (Å²) in [6.45, 7) is 8.39. The molecule has 0 aromatic carbocycles. The van der Waals surface area contributed by atoms with Gasteiger partial charge < -0.3 is 10.2 Å². The van der Waals surface area contributed by atoms with Gasteiger partial charge in [0.15, 0.2) is 0 Å². The summed E-state index contributed by atoms with van der Waals surface area (Å²) >= 11 is 0. The second kappa shape index (κ2) is 4.42. The van der Waals surface area contributed by atoms with Crippen molar-refractivity contribution in [2.24, 2.45) is 0 Å². The molecule has 0 bridgehead atoms. The Kier molecular flexibility index (Phi) is 3.48. The van der Waals surface area contributed by atoms with Gasteiger partial charge in [0.2, 0.25) is 5.91 Å². The normalized spacial score (nSPS) is 21.9. The van der Waals surface area contributed by atoms with E-state index in [-0.39, 0.29) is 11.9 Å². The molecule has 1 unspecified atom stereocenters. The molecule has 1 saturated heterocycles. The van der Waals surface area contributed by atoms with E-state index in [1.807, 2.05) is 11.8 Å². The van der Waals surface area contributed by atoms with Crippen molar-refractivity contribution in [2.45, 2.75) is 26.8 Å². The molecule has 1 heterocycles. The number of hydrogen-bond acceptors (Lipinski definition) is 2. The number of carbonyl (C=O) groups excluding carboxylic acids is 1. The van der Waals surface area contributed by atoms with Crippen molar-refractivity contribution in [3.05, 3.63) is 11.6 Å². The average Bonchev–Trinajstić information content (AvgIpc) is 2.16. The second-order valence-electron chi connectivity index (χ2n) is 3.47. The molecule has 0 aliphatic carbocycles. The fraction of sp³-hybridized carbons (Fsp3) is 0.700. The highest BCUT2D eigenvalue weighted by molar-refractivity contribution is 5.79. The summed E-state index contributed by atoms with van der Waals surface area (Å²) in [7, 11) is 0. The first-order chi connectivity index (χ1) is 6.16. The molecule has 1 rings (SSSR count). The molecule has 3 nitrogen and oxygen atoms in total. The molecule has 3 heteroatoms. The Morgan fingerprint density at radius 1 is 1.69 bits per heavy atom. The summed E-state index contributed by atoms with van der Waals surface area (Å²) < 4.78 is 0. The van der Waals surface area contributed by atoms with Crippen molar-refractivity contribution in [1.82, 2.24) is 10.2 Å². The van der Waals surface area contributed by atoms with E-state index in [1.54, 1.807) is 0 Å². The van der Waals surface area contributed by atoms with Crippen molar-refractivity contribution in [3.8, 4) is 0 Å². The molecular formula is C10H18N2O. The standard InChI is InChI=1S/C10H18N2O/c1-4-8(2)9(3)12-6-5-11-7-10(12)13/h4,9,11H,5-7H2,1-3H3. The van der Waals surface area contributed by atoms with Crippen molar-refractivity contribution in [3.63, 3.8) is 0 Å². The maximum Gasteiger partial charge on any atom is 0.237 e. The molecule has 1 aliphatic rings. The maximum atomic E-state index is 11.5. The lowest BCUT2D eigenvalue weighted by molar-refractivity contribution is -0.133. The first kappa shape index (κ1) is 10.3. The quantitative estimate of drug-likeness (QED) is 0.640. The summed E-state index contributed by atoms with van der Waals surface area (Å²) in [5.41, 5.74) is 1.26. The predicted molar refractivity (Wildman–Crippen MR) is 53.5 cm³/mol. The molecule has 0 saturated carbocycles. The Morgan fingerprint density at radius 2 is 2.38 bits per heavy atom. The van der Waals surface area contributed by atoms with E-state index in [9.17, 15) is 4.79 Å². The third-order valence-electron chi connectivity index (χ3n) is 2.71. The van der Waals surface area contributed by atoms with Gasteiger partial charge >= 0.3 is 0 Å². The van der Waals surface area contributed by atoms with Gasteiger partial charge in [0, 0.05) is 19.1 Å². The minimum Gasteiger partial charge on any atom is -0.334 e. The SMILES string of the molecule is CC=C(C)C(C)N1CCNCC1=O. The van der Waals surface area contributed by atoms with Gasteiger partial charge in [0.05, 0.1) is 6.54 Å². The van der Waals surface area contributed by atoms with E-state index in [4.69, 9.17) is 0 Å². The van der Waals surface area contributed by atoms with Crippen LogP contribution in [-0.2, 0) is 4.79 Å². The zero-order valence-electron chi connectivity index (χ0n) is 8.63.